The molecule has 2 fully saturated rings. The quantitative estimate of drug-likeness (QED) is 0.446. The maximum absolute atomic E-state index is 12.9. The third kappa shape index (κ3) is 3.87. The van der Waals surface area contributed by atoms with Gasteiger partial charge in [-0.15, -0.1) is 0 Å². The van der Waals surface area contributed by atoms with Crippen molar-refractivity contribution in [3.05, 3.63) is 35.9 Å². The molecule has 0 radical (unpaired) electrons. The Morgan fingerprint density at radius 3 is 2.24 bits per heavy atom. The molecule has 6 heteroatoms. The van der Waals surface area contributed by atoms with Gasteiger partial charge in [-0.1, -0.05) is 0 Å². The molecule has 2 heterocycles. The van der Waals surface area contributed by atoms with Crippen LogP contribution >= 0.6 is 0 Å². The number of hydrogen-bond acceptors (Lipinski definition) is 5. The fourth-order valence-corrected chi connectivity index (χ4v) is 13.3. The molecule has 5 nitrogen and oxygen atoms in total. The van der Waals surface area contributed by atoms with E-state index >= 15 is 0 Å². The van der Waals surface area contributed by atoms with Gasteiger partial charge in [0.25, 0.3) is 0 Å². The third-order valence-electron chi connectivity index (χ3n) is 4.95. The average molecular weight is 453 g/mol. The monoisotopic (exact) mass is 454 g/mol. The first-order valence-corrected chi connectivity index (χ1v) is 15.6. The Kier molecular flexibility index (Phi) is 5.73. The average Bonchev–Trinajstić information content (AvgIpc) is 3.35. The fourth-order valence-electron chi connectivity index (χ4n) is 3.41. The molecule has 2 atom stereocenters. The van der Waals surface area contributed by atoms with E-state index in [0.717, 1.165) is 40.1 Å². The zero-order valence-corrected chi connectivity index (χ0v) is 17.8. The van der Waals surface area contributed by atoms with Crippen LogP contribution in [0.2, 0.25) is 8.87 Å². The van der Waals surface area contributed by atoms with Gasteiger partial charge in [0.05, 0.1) is 0 Å². The van der Waals surface area contributed by atoms with E-state index in [1.165, 1.54) is 0 Å². The van der Waals surface area contributed by atoms with E-state index in [-0.39, 0.29) is 11.9 Å². The molecule has 1 aromatic carbocycles. The molecule has 0 aliphatic carbocycles. The van der Waals surface area contributed by atoms with Gasteiger partial charge in [0, 0.05) is 0 Å². The molecule has 25 heavy (non-hydrogen) atoms. The molecule has 136 valence electrons. The summed E-state index contributed by atoms with van der Waals surface area (Å²) in [6.45, 7) is 4.19. The van der Waals surface area contributed by atoms with Crippen LogP contribution in [0.25, 0.3) is 0 Å². The number of rotatable bonds is 8. The van der Waals surface area contributed by atoms with E-state index in [1.54, 1.807) is 0 Å². The summed E-state index contributed by atoms with van der Waals surface area (Å²) in [6, 6.07) is 9.61. The number of carbonyl (C=O) groups excluding carboxylic acids is 2. The van der Waals surface area contributed by atoms with Gasteiger partial charge in [0.1, 0.15) is 0 Å². The van der Waals surface area contributed by atoms with E-state index in [0.29, 0.717) is 6.42 Å². The Bertz CT molecular complexity index is 624. The van der Waals surface area contributed by atoms with Crippen LogP contribution in [0.3, 0.4) is 0 Å². The van der Waals surface area contributed by atoms with Crippen molar-refractivity contribution in [2.45, 2.75) is 66.5 Å². The Labute approximate surface area is 154 Å². The predicted molar refractivity (Wildman–Crippen MR) is 95.1 cm³/mol. The molecule has 0 spiro atoms. The van der Waals surface area contributed by atoms with Crippen molar-refractivity contribution in [1.82, 2.24) is 0 Å². The normalized spacial score (nSPS) is 27.0. The summed E-state index contributed by atoms with van der Waals surface area (Å²) in [5, 5.41) is 0. The fraction of sp³-hybridized carbons (Fsp3) is 0.579. The minimum absolute atomic E-state index is 0.357. The van der Waals surface area contributed by atoms with E-state index in [2.05, 4.69) is 13.8 Å². The summed E-state index contributed by atoms with van der Waals surface area (Å²) < 4.78 is 19.0. The zero-order valence-electron chi connectivity index (χ0n) is 15.0. The molecule has 3 rings (SSSR count). The Morgan fingerprint density at radius 2 is 1.64 bits per heavy atom. The molecular weight excluding hydrogens is 427 g/mol. The Morgan fingerprint density at radius 1 is 1.00 bits per heavy atom. The molecule has 0 aromatic heterocycles. The molecule has 2 saturated heterocycles. The first kappa shape index (κ1) is 18.7. The topological polar surface area (TPSA) is 65.1 Å². The molecule has 0 bridgehead atoms. The standard InChI is InChI=1S/C11H10O5.2C4H9.Sn/c12-9(13)8-11(16-8,10(14)15)6-7-4-2-1-3-5-7;2*1-3-4-2;/h1-5,8H,6H2,(H,12,13)(H,14,15);2*1,3-4H2,2H3;/q;;;+2/p-2. The Balaban J connectivity index is 1.82. The molecule has 0 saturated carbocycles. The zero-order chi connectivity index (χ0) is 17.9. The van der Waals surface area contributed by atoms with Gasteiger partial charge in [-0.05, 0) is 0 Å². The summed E-state index contributed by atoms with van der Waals surface area (Å²) in [5.74, 6) is -0.764. The van der Waals surface area contributed by atoms with Gasteiger partial charge in [0.2, 0.25) is 0 Å². The van der Waals surface area contributed by atoms with Gasteiger partial charge < -0.3 is 0 Å². The molecule has 0 N–H and O–H groups in total. The number of unbranched alkanes of at least 4 members (excludes halogenated alkanes) is 2. The number of hydrogen-bond donors (Lipinski definition) is 0. The second-order valence-corrected chi connectivity index (χ2v) is 16.2. The molecule has 0 amide bonds. The predicted octanol–water partition coefficient (Wildman–Crippen LogP) is 3.51. The van der Waals surface area contributed by atoms with Gasteiger partial charge in [-0.2, -0.15) is 0 Å². The molecular formula is C19H26O5Sn. The van der Waals surface area contributed by atoms with Crippen LogP contribution in [0.15, 0.2) is 30.3 Å². The number of ether oxygens (including phenoxy) is 1. The van der Waals surface area contributed by atoms with Crippen molar-refractivity contribution in [3.63, 3.8) is 0 Å². The van der Waals surface area contributed by atoms with Crippen LogP contribution in [0.1, 0.15) is 45.1 Å². The summed E-state index contributed by atoms with van der Waals surface area (Å²) in [5.41, 5.74) is -0.213. The SMILES string of the molecule is CCC[CH2][Sn]1([CH2]CCC)[O]C(=O)C2OC2(Cc2ccccc2)C(=O)[O]1. The van der Waals surface area contributed by atoms with E-state index in [1.807, 2.05) is 30.3 Å². The van der Waals surface area contributed by atoms with Crippen LogP contribution in [-0.2, 0) is 26.9 Å². The summed E-state index contributed by atoms with van der Waals surface area (Å²) >= 11 is -3.74. The van der Waals surface area contributed by atoms with Crippen molar-refractivity contribution >= 4 is 31.1 Å². The van der Waals surface area contributed by atoms with Crippen molar-refractivity contribution in [2.75, 3.05) is 0 Å². The maximum atomic E-state index is 12.9. The molecule has 2 aliphatic heterocycles. The first-order chi connectivity index (χ1) is 12.1. The minimum atomic E-state index is -3.74. The van der Waals surface area contributed by atoms with Crippen molar-refractivity contribution in [2.24, 2.45) is 0 Å². The van der Waals surface area contributed by atoms with Crippen LogP contribution in [-0.4, -0.2) is 42.8 Å². The van der Waals surface area contributed by atoms with E-state index in [9.17, 15) is 9.59 Å². The first-order valence-electron chi connectivity index (χ1n) is 9.23. The second kappa shape index (κ2) is 7.66. The van der Waals surface area contributed by atoms with Crippen LogP contribution in [0.4, 0.5) is 0 Å². The van der Waals surface area contributed by atoms with Gasteiger partial charge in [0.15, 0.2) is 0 Å². The van der Waals surface area contributed by atoms with Gasteiger partial charge >= 0.3 is 154 Å². The second-order valence-electron chi connectivity index (χ2n) is 6.98. The number of epoxide rings is 1. The summed E-state index contributed by atoms with van der Waals surface area (Å²) in [7, 11) is 0. The van der Waals surface area contributed by atoms with Crippen LogP contribution in [0.5, 0.6) is 0 Å². The summed E-state index contributed by atoms with van der Waals surface area (Å²) in [6.07, 6.45) is 3.40. The van der Waals surface area contributed by atoms with Crippen molar-refractivity contribution in [3.8, 4) is 0 Å². The molecule has 2 unspecified atom stereocenters. The third-order valence-corrected chi connectivity index (χ3v) is 14.5. The number of fused-ring (bicyclic) bond motifs is 1. The van der Waals surface area contributed by atoms with Gasteiger partial charge in [-0.25, -0.2) is 0 Å². The Hall–Kier alpha value is -1.08. The molecule has 1 aromatic rings. The van der Waals surface area contributed by atoms with Gasteiger partial charge in [-0.3, -0.25) is 0 Å². The molecule has 2 aliphatic rings. The van der Waals surface area contributed by atoms with Crippen LogP contribution < -0.4 is 0 Å². The van der Waals surface area contributed by atoms with E-state index in [4.69, 9.17) is 10.9 Å². The summed E-state index contributed by atoms with van der Waals surface area (Å²) in [4.78, 5) is 25.6. The number of carbonyl (C=O) groups is 2. The number of benzene rings is 1. The van der Waals surface area contributed by atoms with Crippen molar-refractivity contribution < 1.29 is 20.5 Å². The van der Waals surface area contributed by atoms with Crippen LogP contribution in [0, 0.1) is 0 Å². The van der Waals surface area contributed by atoms with E-state index < -0.39 is 30.9 Å². The van der Waals surface area contributed by atoms with Crippen molar-refractivity contribution in [1.29, 1.82) is 0 Å².